The van der Waals surface area contributed by atoms with Crippen molar-refractivity contribution in [3.05, 3.63) is 52.5 Å². The normalized spacial score (nSPS) is 11.3. The molecule has 0 saturated heterocycles. The standard InChI is InChI=1S/C15H14N4OS/c1-19-13-7-3-2-6-12(13)17-14(19)9-15(20)18-16-10-11-5-4-8-21-11/h2-8,10H,9H2,1H3,(H,18,20)/b16-10-. The SMILES string of the molecule is Cn1c(CC(=O)N/N=C\c2cccs2)nc2ccccc21. The largest absolute Gasteiger partial charge is 0.331 e. The molecular formula is C15H14N4OS. The van der Waals surface area contributed by atoms with E-state index in [1.807, 2.05) is 53.4 Å². The number of carbonyl (C=O) groups is 1. The van der Waals surface area contributed by atoms with Gasteiger partial charge in [-0.1, -0.05) is 18.2 Å². The molecular weight excluding hydrogens is 284 g/mol. The highest BCUT2D eigenvalue weighted by Gasteiger charge is 2.10. The zero-order valence-corrected chi connectivity index (χ0v) is 12.3. The number of rotatable bonds is 4. The number of hydrogen-bond acceptors (Lipinski definition) is 4. The van der Waals surface area contributed by atoms with Crippen LogP contribution in [0.3, 0.4) is 0 Å². The first-order valence-electron chi connectivity index (χ1n) is 6.50. The van der Waals surface area contributed by atoms with E-state index in [4.69, 9.17) is 0 Å². The van der Waals surface area contributed by atoms with Gasteiger partial charge in [0.05, 0.1) is 23.7 Å². The Morgan fingerprint density at radius 2 is 2.24 bits per heavy atom. The molecule has 0 aliphatic carbocycles. The lowest BCUT2D eigenvalue weighted by Crippen LogP contribution is -2.21. The lowest BCUT2D eigenvalue weighted by atomic mass is 10.3. The van der Waals surface area contributed by atoms with Gasteiger partial charge in [-0.05, 0) is 23.6 Å². The second-order valence-corrected chi connectivity index (χ2v) is 5.54. The number of carbonyl (C=O) groups excluding carboxylic acids is 1. The summed E-state index contributed by atoms with van der Waals surface area (Å²) < 4.78 is 1.93. The van der Waals surface area contributed by atoms with Crippen LogP contribution in [0, 0.1) is 0 Å². The molecule has 21 heavy (non-hydrogen) atoms. The van der Waals surface area contributed by atoms with Gasteiger partial charge in [-0.2, -0.15) is 5.10 Å². The molecule has 3 aromatic rings. The molecule has 106 valence electrons. The van der Waals surface area contributed by atoms with Crippen LogP contribution in [0.1, 0.15) is 10.7 Å². The van der Waals surface area contributed by atoms with Gasteiger partial charge in [-0.15, -0.1) is 11.3 Å². The van der Waals surface area contributed by atoms with E-state index in [1.54, 1.807) is 17.6 Å². The number of benzene rings is 1. The van der Waals surface area contributed by atoms with Crippen LogP contribution in [-0.4, -0.2) is 21.7 Å². The number of aromatic nitrogens is 2. The lowest BCUT2D eigenvalue weighted by Gasteiger charge is -2.01. The molecule has 6 heteroatoms. The Hall–Kier alpha value is -2.47. The van der Waals surface area contributed by atoms with Crippen LogP contribution in [0.25, 0.3) is 11.0 Å². The van der Waals surface area contributed by atoms with Crippen molar-refractivity contribution in [3.63, 3.8) is 0 Å². The average molecular weight is 298 g/mol. The highest BCUT2D eigenvalue weighted by atomic mass is 32.1. The third kappa shape index (κ3) is 3.00. The van der Waals surface area contributed by atoms with Crippen LogP contribution in [0.15, 0.2) is 46.9 Å². The number of imidazole rings is 1. The van der Waals surface area contributed by atoms with E-state index in [-0.39, 0.29) is 12.3 Å². The molecule has 0 aliphatic heterocycles. The van der Waals surface area contributed by atoms with Crippen LogP contribution in [0.2, 0.25) is 0 Å². The second kappa shape index (κ2) is 5.88. The molecule has 1 aromatic carbocycles. The van der Waals surface area contributed by atoms with E-state index < -0.39 is 0 Å². The van der Waals surface area contributed by atoms with E-state index in [0.29, 0.717) is 0 Å². The minimum absolute atomic E-state index is 0.179. The van der Waals surface area contributed by atoms with Gasteiger partial charge in [-0.3, -0.25) is 4.79 Å². The third-order valence-corrected chi connectivity index (χ3v) is 3.93. The van der Waals surface area contributed by atoms with Crippen LogP contribution in [0.5, 0.6) is 0 Å². The van der Waals surface area contributed by atoms with Crippen molar-refractivity contribution in [3.8, 4) is 0 Å². The average Bonchev–Trinajstić information content (AvgIpc) is 3.09. The summed E-state index contributed by atoms with van der Waals surface area (Å²) in [4.78, 5) is 17.4. The first-order chi connectivity index (χ1) is 10.2. The van der Waals surface area contributed by atoms with E-state index in [2.05, 4.69) is 15.5 Å². The topological polar surface area (TPSA) is 59.3 Å². The predicted octanol–water partition coefficient (Wildman–Crippen LogP) is 2.33. The van der Waals surface area contributed by atoms with Crippen molar-refractivity contribution in [2.75, 3.05) is 0 Å². The number of hydrogen-bond donors (Lipinski definition) is 1. The molecule has 0 bridgehead atoms. The summed E-state index contributed by atoms with van der Waals surface area (Å²) in [6, 6.07) is 11.7. The smallest absolute Gasteiger partial charge is 0.247 e. The molecule has 0 unspecified atom stereocenters. The first kappa shape index (κ1) is 13.5. The lowest BCUT2D eigenvalue weighted by molar-refractivity contribution is -0.120. The van der Waals surface area contributed by atoms with Gasteiger partial charge in [0.1, 0.15) is 5.82 Å². The maximum absolute atomic E-state index is 11.9. The van der Waals surface area contributed by atoms with Crippen LogP contribution < -0.4 is 5.43 Å². The number of amides is 1. The molecule has 5 nitrogen and oxygen atoms in total. The van der Waals surface area contributed by atoms with Crippen LogP contribution in [0.4, 0.5) is 0 Å². The van der Waals surface area contributed by atoms with Crippen molar-refractivity contribution in [1.29, 1.82) is 0 Å². The van der Waals surface area contributed by atoms with E-state index >= 15 is 0 Å². The summed E-state index contributed by atoms with van der Waals surface area (Å²) in [6.45, 7) is 0. The Morgan fingerprint density at radius 1 is 1.38 bits per heavy atom. The van der Waals surface area contributed by atoms with Gasteiger partial charge in [0, 0.05) is 11.9 Å². The summed E-state index contributed by atoms with van der Waals surface area (Å²) in [5.74, 6) is 0.543. The van der Waals surface area contributed by atoms with Crippen molar-refractivity contribution < 1.29 is 4.79 Å². The monoisotopic (exact) mass is 298 g/mol. The fourth-order valence-electron chi connectivity index (χ4n) is 2.07. The summed E-state index contributed by atoms with van der Waals surface area (Å²) in [5, 5.41) is 5.90. The van der Waals surface area contributed by atoms with Gasteiger partial charge in [0.15, 0.2) is 0 Å². The Bertz CT molecular complexity index is 789. The third-order valence-electron chi connectivity index (χ3n) is 3.12. The minimum atomic E-state index is -0.179. The fraction of sp³-hybridized carbons (Fsp3) is 0.133. The molecule has 2 aromatic heterocycles. The zero-order chi connectivity index (χ0) is 14.7. The Morgan fingerprint density at radius 3 is 3.00 bits per heavy atom. The molecule has 1 amide bonds. The number of hydrazone groups is 1. The summed E-state index contributed by atoms with van der Waals surface area (Å²) in [6.07, 6.45) is 1.84. The molecule has 0 fully saturated rings. The Labute approximate surface area is 125 Å². The maximum Gasteiger partial charge on any atom is 0.247 e. The maximum atomic E-state index is 11.9. The number of aryl methyl sites for hydroxylation is 1. The van der Waals surface area contributed by atoms with Gasteiger partial charge in [0.25, 0.3) is 0 Å². The fourth-order valence-corrected chi connectivity index (χ4v) is 2.65. The van der Waals surface area contributed by atoms with Gasteiger partial charge < -0.3 is 4.57 Å². The number of fused-ring (bicyclic) bond motifs is 1. The zero-order valence-electron chi connectivity index (χ0n) is 11.5. The molecule has 2 heterocycles. The summed E-state index contributed by atoms with van der Waals surface area (Å²) >= 11 is 1.57. The number of nitrogens with one attached hydrogen (secondary N) is 1. The predicted molar refractivity (Wildman–Crippen MR) is 84.5 cm³/mol. The Kier molecular flexibility index (Phi) is 3.79. The highest BCUT2D eigenvalue weighted by Crippen LogP contribution is 2.14. The molecule has 0 atom stereocenters. The first-order valence-corrected chi connectivity index (χ1v) is 7.38. The van der Waals surface area contributed by atoms with Crippen molar-refractivity contribution in [2.24, 2.45) is 12.1 Å². The van der Waals surface area contributed by atoms with E-state index in [0.717, 1.165) is 21.7 Å². The van der Waals surface area contributed by atoms with Gasteiger partial charge in [-0.25, -0.2) is 10.4 Å². The van der Waals surface area contributed by atoms with Crippen molar-refractivity contribution in [1.82, 2.24) is 15.0 Å². The van der Waals surface area contributed by atoms with Crippen molar-refractivity contribution >= 4 is 34.5 Å². The number of thiophene rings is 1. The molecule has 3 rings (SSSR count). The van der Waals surface area contributed by atoms with Crippen LogP contribution >= 0.6 is 11.3 Å². The van der Waals surface area contributed by atoms with Gasteiger partial charge >= 0.3 is 0 Å². The van der Waals surface area contributed by atoms with E-state index in [1.165, 1.54) is 0 Å². The molecule has 0 spiro atoms. The summed E-state index contributed by atoms with van der Waals surface area (Å²) in [7, 11) is 1.91. The van der Waals surface area contributed by atoms with Crippen LogP contribution in [-0.2, 0) is 18.3 Å². The van der Waals surface area contributed by atoms with Gasteiger partial charge in [0.2, 0.25) is 5.91 Å². The molecule has 0 aliphatic rings. The molecule has 1 N–H and O–H groups in total. The Balaban J connectivity index is 1.67. The minimum Gasteiger partial charge on any atom is -0.331 e. The number of para-hydroxylation sites is 2. The quantitative estimate of drug-likeness (QED) is 0.593. The number of nitrogens with zero attached hydrogens (tertiary/aromatic N) is 3. The van der Waals surface area contributed by atoms with Crippen molar-refractivity contribution in [2.45, 2.75) is 6.42 Å². The summed E-state index contributed by atoms with van der Waals surface area (Å²) in [5.41, 5.74) is 4.43. The highest BCUT2D eigenvalue weighted by molar-refractivity contribution is 7.11. The molecule has 0 saturated carbocycles. The second-order valence-electron chi connectivity index (χ2n) is 4.56. The van der Waals surface area contributed by atoms with E-state index in [9.17, 15) is 4.79 Å². The molecule has 0 radical (unpaired) electrons.